The van der Waals surface area contributed by atoms with Crippen LogP contribution in [0, 0.1) is 5.41 Å². The Balaban J connectivity index is 1.22. The Morgan fingerprint density at radius 1 is 1.04 bits per heavy atom. The van der Waals surface area contributed by atoms with E-state index in [0.29, 0.717) is 19.4 Å². The van der Waals surface area contributed by atoms with Gasteiger partial charge in [0.2, 0.25) is 17.6 Å². The average molecular weight is 693 g/mol. The van der Waals surface area contributed by atoms with Crippen LogP contribution < -0.4 is 16.0 Å². The molecule has 0 radical (unpaired) electrons. The number of rotatable bonds is 10. The molecule has 50 heavy (non-hydrogen) atoms. The van der Waals surface area contributed by atoms with Crippen LogP contribution in [0.5, 0.6) is 0 Å². The van der Waals surface area contributed by atoms with Crippen molar-refractivity contribution in [1.29, 1.82) is 0 Å². The van der Waals surface area contributed by atoms with Crippen molar-refractivity contribution in [2.45, 2.75) is 141 Å². The number of amidine groups is 1. The van der Waals surface area contributed by atoms with Crippen molar-refractivity contribution < 1.29 is 33.5 Å². The highest BCUT2D eigenvalue weighted by Gasteiger charge is 2.56. The number of ether oxygens (including phenoxy) is 1. The SMILES string of the molecule is CCC[C@H](NC(=O)[C@@H]1C[C@]2(CC(N3CCc4ccccc4C3)=NO2)CN1C(=O)[C@@H](NC(=O)OC1CCCC1)C(C)(C)C)C(=O)C(=O)NC1CC1. The number of benzene rings is 1. The number of carbonyl (C=O) groups excluding carboxylic acids is 5. The summed E-state index contributed by atoms with van der Waals surface area (Å²) in [6.07, 6.45) is 6.59. The highest BCUT2D eigenvalue weighted by atomic mass is 16.7. The third-order valence-electron chi connectivity index (χ3n) is 10.6. The predicted octanol–water partition coefficient (Wildman–Crippen LogP) is 3.33. The van der Waals surface area contributed by atoms with Gasteiger partial charge in [0.25, 0.3) is 5.91 Å². The van der Waals surface area contributed by atoms with Gasteiger partial charge in [-0.15, -0.1) is 0 Å². The number of alkyl carbamates (subject to hydrolysis) is 1. The van der Waals surface area contributed by atoms with Crippen molar-refractivity contribution in [2.75, 3.05) is 13.1 Å². The lowest BCUT2D eigenvalue weighted by Crippen LogP contribution is -2.59. The van der Waals surface area contributed by atoms with Crippen molar-refractivity contribution in [1.82, 2.24) is 25.8 Å². The molecule has 1 saturated heterocycles. The lowest BCUT2D eigenvalue weighted by molar-refractivity contribution is -0.144. The average Bonchev–Trinajstić information content (AvgIpc) is 3.43. The van der Waals surface area contributed by atoms with Gasteiger partial charge in [0.1, 0.15) is 24.0 Å². The van der Waals surface area contributed by atoms with Crippen LogP contribution >= 0.6 is 0 Å². The largest absolute Gasteiger partial charge is 0.446 e. The Morgan fingerprint density at radius 2 is 1.76 bits per heavy atom. The molecule has 0 aromatic heterocycles. The normalized spacial score (nSPS) is 24.6. The lowest BCUT2D eigenvalue weighted by atomic mass is 9.85. The number of hydrogen-bond acceptors (Lipinski definition) is 9. The first-order valence-corrected chi connectivity index (χ1v) is 18.4. The first kappa shape index (κ1) is 35.7. The molecule has 272 valence electrons. The van der Waals surface area contributed by atoms with Gasteiger partial charge in [0, 0.05) is 25.6 Å². The molecule has 0 unspecified atom stereocenters. The summed E-state index contributed by atoms with van der Waals surface area (Å²) in [6, 6.07) is 5.23. The van der Waals surface area contributed by atoms with Gasteiger partial charge < -0.3 is 35.3 Å². The van der Waals surface area contributed by atoms with E-state index in [0.717, 1.165) is 57.3 Å². The molecule has 5 aliphatic rings. The van der Waals surface area contributed by atoms with Gasteiger partial charge in [0.15, 0.2) is 5.60 Å². The molecule has 1 aromatic carbocycles. The fraction of sp³-hybridized carbons (Fsp3) is 0.676. The fourth-order valence-electron chi connectivity index (χ4n) is 7.59. The maximum atomic E-state index is 14.6. The zero-order valence-electron chi connectivity index (χ0n) is 29.8. The van der Waals surface area contributed by atoms with Gasteiger partial charge in [-0.1, -0.05) is 63.5 Å². The molecule has 6 rings (SSSR count). The third-order valence-corrected chi connectivity index (χ3v) is 10.6. The second-order valence-electron chi connectivity index (χ2n) is 15.8. The summed E-state index contributed by atoms with van der Waals surface area (Å²) in [4.78, 5) is 77.6. The van der Waals surface area contributed by atoms with Gasteiger partial charge in [-0.05, 0) is 67.9 Å². The van der Waals surface area contributed by atoms with Crippen molar-refractivity contribution >= 4 is 35.4 Å². The monoisotopic (exact) mass is 692 g/mol. The fourth-order valence-corrected chi connectivity index (χ4v) is 7.59. The van der Waals surface area contributed by atoms with Crippen LogP contribution in [0.15, 0.2) is 29.4 Å². The number of oxime groups is 1. The van der Waals surface area contributed by atoms with Crippen LogP contribution in [-0.2, 0) is 41.7 Å². The van der Waals surface area contributed by atoms with E-state index in [1.807, 2.05) is 39.8 Å². The molecule has 0 bridgehead atoms. The molecule has 13 heteroatoms. The molecule has 2 saturated carbocycles. The first-order chi connectivity index (χ1) is 23.9. The van der Waals surface area contributed by atoms with Crippen LogP contribution in [0.1, 0.15) is 103 Å². The summed E-state index contributed by atoms with van der Waals surface area (Å²) in [5, 5.41) is 12.9. The van der Waals surface area contributed by atoms with E-state index in [4.69, 9.17) is 9.57 Å². The molecule has 2 aliphatic carbocycles. The van der Waals surface area contributed by atoms with Gasteiger partial charge in [-0.3, -0.25) is 19.2 Å². The van der Waals surface area contributed by atoms with E-state index in [2.05, 4.69) is 38.1 Å². The maximum Gasteiger partial charge on any atom is 0.408 e. The molecule has 4 atom stereocenters. The van der Waals surface area contributed by atoms with Gasteiger partial charge in [-0.25, -0.2) is 4.79 Å². The standard InChI is InChI=1S/C37H52N6O7/c1-5-10-27(30(44)33(46)38-25-15-16-25)39-32(45)28-19-37(20-29(41-50-37)42-18-17-23-11-6-7-12-24(23)21-42)22-43(28)34(47)31(36(2,3)4)40-35(48)49-26-13-8-9-14-26/h6-7,11-12,25-28,31H,5,8-10,13-22H2,1-4H3,(H,38,46)(H,39,45)(H,40,48)/t27-,28-,31+,37-/m0/s1. The second kappa shape index (κ2) is 14.6. The molecular formula is C37H52N6O7. The molecule has 1 aromatic rings. The minimum absolute atomic E-state index is 0.00323. The predicted molar refractivity (Wildman–Crippen MR) is 185 cm³/mol. The molecular weight excluding hydrogens is 640 g/mol. The number of likely N-dealkylation sites (tertiary alicyclic amines) is 1. The summed E-state index contributed by atoms with van der Waals surface area (Å²) < 4.78 is 5.66. The van der Waals surface area contributed by atoms with Gasteiger partial charge >= 0.3 is 6.09 Å². The molecule has 3 aliphatic heterocycles. The third kappa shape index (κ3) is 8.07. The Kier molecular flexibility index (Phi) is 10.4. The zero-order chi connectivity index (χ0) is 35.6. The minimum atomic E-state index is -1.04. The summed E-state index contributed by atoms with van der Waals surface area (Å²) in [5.74, 6) is -1.65. The Morgan fingerprint density at radius 3 is 2.44 bits per heavy atom. The maximum absolute atomic E-state index is 14.6. The van der Waals surface area contributed by atoms with Crippen LogP contribution in [0.3, 0.4) is 0 Å². The van der Waals surface area contributed by atoms with Crippen molar-refractivity contribution in [3.05, 3.63) is 35.4 Å². The Bertz CT molecular complexity index is 1510. The smallest absolute Gasteiger partial charge is 0.408 e. The number of fused-ring (bicyclic) bond motifs is 1. The van der Waals surface area contributed by atoms with Crippen LogP contribution in [0.4, 0.5) is 4.79 Å². The summed E-state index contributed by atoms with van der Waals surface area (Å²) in [7, 11) is 0. The number of nitrogens with zero attached hydrogens (tertiary/aromatic N) is 3. The van der Waals surface area contributed by atoms with Crippen molar-refractivity contribution in [3.63, 3.8) is 0 Å². The number of amides is 4. The Labute approximate surface area is 294 Å². The van der Waals surface area contributed by atoms with E-state index >= 15 is 0 Å². The molecule has 3 heterocycles. The number of carbonyl (C=O) groups is 5. The van der Waals surface area contributed by atoms with Crippen LogP contribution in [0.25, 0.3) is 0 Å². The topological polar surface area (TPSA) is 159 Å². The van der Waals surface area contributed by atoms with E-state index in [1.165, 1.54) is 16.0 Å². The lowest BCUT2D eigenvalue weighted by Gasteiger charge is -2.35. The molecule has 13 nitrogen and oxygen atoms in total. The zero-order valence-corrected chi connectivity index (χ0v) is 29.8. The summed E-state index contributed by atoms with van der Waals surface area (Å²) >= 11 is 0. The quantitative estimate of drug-likeness (QED) is 0.315. The molecule has 1 spiro atoms. The first-order valence-electron chi connectivity index (χ1n) is 18.4. The minimum Gasteiger partial charge on any atom is -0.446 e. The number of Topliss-reactive ketones (excluding diaryl/α,β-unsaturated/α-hetero) is 1. The van der Waals surface area contributed by atoms with Gasteiger partial charge in [-0.2, -0.15) is 0 Å². The number of nitrogens with one attached hydrogen (secondary N) is 3. The highest BCUT2D eigenvalue weighted by Crippen LogP contribution is 2.40. The second-order valence-corrected chi connectivity index (χ2v) is 15.8. The van der Waals surface area contributed by atoms with Crippen LogP contribution in [0.2, 0.25) is 0 Å². The molecule has 3 fully saturated rings. The van der Waals surface area contributed by atoms with E-state index in [-0.39, 0.29) is 31.5 Å². The molecule has 3 N–H and O–H groups in total. The summed E-state index contributed by atoms with van der Waals surface area (Å²) in [5.41, 5.74) is 0.818. The van der Waals surface area contributed by atoms with E-state index in [9.17, 15) is 24.0 Å². The number of hydrogen-bond donors (Lipinski definition) is 3. The molecule has 4 amide bonds. The van der Waals surface area contributed by atoms with E-state index < -0.39 is 58.7 Å². The highest BCUT2D eigenvalue weighted by molar-refractivity contribution is 6.38. The van der Waals surface area contributed by atoms with Crippen LogP contribution in [-0.4, -0.2) is 94.2 Å². The number of ketones is 1. The van der Waals surface area contributed by atoms with Crippen molar-refractivity contribution in [3.8, 4) is 0 Å². The van der Waals surface area contributed by atoms with E-state index in [1.54, 1.807) is 0 Å². The van der Waals surface area contributed by atoms with Gasteiger partial charge in [0.05, 0.1) is 19.0 Å². The summed E-state index contributed by atoms with van der Waals surface area (Å²) in [6.45, 7) is 8.93. The Hall–Kier alpha value is -4.16. The van der Waals surface area contributed by atoms with Crippen molar-refractivity contribution in [2.24, 2.45) is 10.6 Å².